The van der Waals surface area contributed by atoms with Crippen molar-refractivity contribution in [3.05, 3.63) is 210 Å². The van der Waals surface area contributed by atoms with Gasteiger partial charge in [-0.3, -0.25) is 4.99 Å². The van der Waals surface area contributed by atoms with Crippen LogP contribution in [0.1, 0.15) is 57.7 Å². The molecule has 2 aromatic carbocycles. The normalized spacial score (nSPS) is 18.2. The minimum atomic E-state index is -0.611. The van der Waals surface area contributed by atoms with Gasteiger partial charge in [0.25, 0.3) is 0 Å². The highest BCUT2D eigenvalue weighted by Gasteiger charge is 2.47. The van der Waals surface area contributed by atoms with Crippen LogP contribution >= 0.6 is 0 Å². The lowest BCUT2D eigenvalue weighted by molar-refractivity contribution is 0.664. The molecule has 0 fully saturated rings. The molecule has 0 heterocycles. The second-order valence-electron chi connectivity index (χ2n) is 11.0. The highest BCUT2D eigenvalue weighted by molar-refractivity contribution is 6.00. The highest BCUT2D eigenvalue weighted by atomic mass is 14.7. The van der Waals surface area contributed by atoms with E-state index in [4.69, 9.17) is 4.99 Å². The average molecular weight is 604 g/mol. The third-order valence-corrected chi connectivity index (χ3v) is 8.39. The van der Waals surface area contributed by atoms with Gasteiger partial charge in [0.15, 0.2) is 0 Å². The Hall–Kier alpha value is -5.01. The summed E-state index contributed by atoms with van der Waals surface area (Å²) in [6, 6.07) is 19.2. The molecule has 0 aliphatic heterocycles. The average Bonchev–Trinajstić information content (AvgIpc) is 3.32. The molecule has 1 aliphatic carbocycles. The SMILES string of the molecule is C=C/C=C\C(=C/C)C1(C(=C)/C=C\C=C/C)C(C)=C(/C(=C\C=C)c2ccc(C/N=C(\CC)c3ccccc3)cc2)C(C=C)=C1/C=C\C. The number of nitrogens with zero attached hydrogens (tertiary/aromatic N) is 1. The first-order chi connectivity index (χ1) is 22.4. The molecule has 46 heavy (non-hydrogen) atoms. The van der Waals surface area contributed by atoms with E-state index < -0.39 is 5.41 Å². The maximum Gasteiger partial charge on any atom is 0.0665 e. The Bertz CT molecular complexity index is 1700. The van der Waals surface area contributed by atoms with E-state index in [-0.39, 0.29) is 0 Å². The number of hydrogen-bond donors (Lipinski definition) is 0. The molecule has 0 N–H and O–H groups in total. The van der Waals surface area contributed by atoms with Crippen molar-refractivity contribution in [3.63, 3.8) is 0 Å². The van der Waals surface area contributed by atoms with Gasteiger partial charge in [0.2, 0.25) is 0 Å². The van der Waals surface area contributed by atoms with Crippen LogP contribution in [0.3, 0.4) is 0 Å². The van der Waals surface area contributed by atoms with Gasteiger partial charge in [0.1, 0.15) is 0 Å². The van der Waals surface area contributed by atoms with Crippen molar-refractivity contribution >= 4 is 11.3 Å². The molecule has 1 heteroatoms. The van der Waals surface area contributed by atoms with Crippen LogP contribution in [0.25, 0.3) is 5.57 Å². The predicted octanol–water partition coefficient (Wildman–Crippen LogP) is 12.4. The van der Waals surface area contributed by atoms with E-state index in [1.54, 1.807) is 0 Å². The molecule has 3 rings (SSSR count). The fourth-order valence-corrected chi connectivity index (χ4v) is 6.31. The van der Waals surface area contributed by atoms with Crippen LogP contribution in [0.4, 0.5) is 0 Å². The lowest BCUT2D eigenvalue weighted by Crippen LogP contribution is -2.26. The molecular formula is C45H49N. The number of aliphatic imine (C=N–C) groups is 1. The van der Waals surface area contributed by atoms with Gasteiger partial charge >= 0.3 is 0 Å². The van der Waals surface area contributed by atoms with Crippen LogP contribution in [0.5, 0.6) is 0 Å². The monoisotopic (exact) mass is 603 g/mol. The van der Waals surface area contributed by atoms with Gasteiger partial charge in [-0.25, -0.2) is 0 Å². The fraction of sp³-hybridized carbons (Fsp3) is 0.178. The van der Waals surface area contributed by atoms with Crippen molar-refractivity contribution in [1.29, 1.82) is 0 Å². The number of hydrogen-bond acceptors (Lipinski definition) is 1. The van der Waals surface area contributed by atoms with Gasteiger partial charge in [-0.05, 0) is 89.8 Å². The van der Waals surface area contributed by atoms with Gasteiger partial charge in [-0.15, -0.1) is 0 Å². The molecule has 0 bridgehead atoms. The lowest BCUT2D eigenvalue weighted by Gasteiger charge is -2.37. The molecule has 0 saturated carbocycles. The van der Waals surface area contributed by atoms with Gasteiger partial charge in [0.05, 0.1) is 12.0 Å². The van der Waals surface area contributed by atoms with Crippen molar-refractivity contribution in [2.24, 2.45) is 10.4 Å². The zero-order chi connectivity index (χ0) is 33.5. The number of benzene rings is 2. The Kier molecular flexibility index (Phi) is 13.5. The molecule has 1 aliphatic rings. The van der Waals surface area contributed by atoms with Crippen molar-refractivity contribution in [3.8, 4) is 0 Å². The first-order valence-corrected chi connectivity index (χ1v) is 16.1. The molecule has 1 atom stereocenters. The van der Waals surface area contributed by atoms with Gasteiger partial charge in [-0.1, -0.05) is 167 Å². The number of allylic oxidation sites excluding steroid dienone is 20. The Morgan fingerprint density at radius 3 is 2.11 bits per heavy atom. The van der Waals surface area contributed by atoms with Crippen molar-refractivity contribution < 1.29 is 0 Å². The van der Waals surface area contributed by atoms with Crippen molar-refractivity contribution in [1.82, 2.24) is 0 Å². The maximum absolute atomic E-state index is 4.97. The van der Waals surface area contributed by atoms with Gasteiger partial charge in [-0.2, -0.15) is 0 Å². The largest absolute Gasteiger partial charge is 0.284 e. The summed E-state index contributed by atoms with van der Waals surface area (Å²) in [5.74, 6) is 0. The van der Waals surface area contributed by atoms with E-state index in [1.807, 2.05) is 49.4 Å². The van der Waals surface area contributed by atoms with Crippen molar-refractivity contribution in [2.75, 3.05) is 0 Å². The maximum atomic E-state index is 4.97. The van der Waals surface area contributed by atoms with E-state index in [1.165, 1.54) is 11.1 Å². The minimum absolute atomic E-state index is 0.611. The summed E-state index contributed by atoms with van der Waals surface area (Å²) in [5.41, 5.74) is 11.7. The smallest absolute Gasteiger partial charge is 0.0665 e. The molecule has 0 amide bonds. The molecule has 0 saturated heterocycles. The Morgan fingerprint density at radius 1 is 0.826 bits per heavy atom. The van der Waals surface area contributed by atoms with Gasteiger partial charge in [0, 0.05) is 5.71 Å². The van der Waals surface area contributed by atoms with E-state index in [2.05, 4.69) is 145 Å². The summed E-state index contributed by atoms with van der Waals surface area (Å²) in [7, 11) is 0. The molecule has 0 aromatic heterocycles. The zero-order valence-corrected chi connectivity index (χ0v) is 28.4. The van der Waals surface area contributed by atoms with Crippen LogP contribution in [0.2, 0.25) is 0 Å². The Balaban J connectivity index is 2.25. The van der Waals surface area contributed by atoms with E-state index in [0.29, 0.717) is 6.54 Å². The van der Waals surface area contributed by atoms with Crippen LogP contribution in [-0.2, 0) is 6.54 Å². The molecule has 1 nitrogen and oxygen atoms in total. The summed E-state index contributed by atoms with van der Waals surface area (Å²) in [4.78, 5) is 4.97. The lowest BCUT2D eigenvalue weighted by atomic mass is 9.65. The Morgan fingerprint density at radius 2 is 1.54 bits per heavy atom. The third-order valence-electron chi connectivity index (χ3n) is 8.39. The summed E-state index contributed by atoms with van der Waals surface area (Å²) >= 11 is 0. The first kappa shape index (κ1) is 35.5. The molecule has 0 spiro atoms. The summed E-state index contributed by atoms with van der Waals surface area (Å²) in [6.45, 7) is 28.2. The zero-order valence-electron chi connectivity index (χ0n) is 28.4. The molecule has 1 unspecified atom stereocenters. The van der Waals surface area contributed by atoms with Crippen LogP contribution in [-0.4, -0.2) is 5.71 Å². The van der Waals surface area contributed by atoms with E-state index >= 15 is 0 Å². The molecule has 234 valence electrons. The quantitative estimate of drug-likeness (QED) is 0.142. The van der Waals surface area contributed by atoms with E-state index in [9.17, 15) is 0 Å². The second-order valence-corrected chi connectivity index (χ2v) is 11.0. The van der Waals surface area contributed by atoms with Crippen LogP contribution in [0.15, 0.2) is 198 Å². The standard InChI is InChI=1S/C45H49N/c1-10-17-20-25-34(8)45(39(14-5)28-18-11-2)35(9)44(40(15-6)42(45)24-13-4)41(23-12-3)37-31-29-36(30-32-37)33-46-43(16-7)38-26-21-19-22-27-38/h10-15,17-32H,2-3,6,8,16,33H2,1,4-5,7,9H3/b17-10-,24-13-,25-20-,28-18-,39-14+,41-23-,46-43+. The van der Waals surface area contributed by atoms with Crippen LogP contribution in [0, 0.1) is 5.41 Å². The summed E-state index contributed by atoms with van der Waals surface area (Å²) < 4.78 is 0. The van der Waals surface area contributed by atoms with Crippen LogP contribution < -0.4 is 0 Å². The fourth-order valence-electron chi connectivity index (χ4n) is 6.31. The highest BCUT2D eigenvalue weighted by Crippen LogP contribution is 2.59. The molecular weight excluding hydrogens is 555 g/mol. The summed E-state index contributed by atoms with van der Waals surface area (Å²) in [5, 5.41) is 0. The molecule has 2 aromatic rings. The van der Waals surface area contributed by atoms with E-state index in [0.717, 1.165) is 56.7 Å². The summed E-state index contributed by atoms with van der Waals surface area (Å²) in [6.07, 6.45) is 27.5. The van der Waals surface area contributed by atoms with Gasteiger partial charge < -0.3 is 0 Å². The topological polar surface area (TPSA) is 12.4 Å². The first-order valence-electron chi connectivity index (χ1n) is 16.1. The second kappa shape index (κ2) is 17.5. The minimum Gasteiger partial charge on any atom is -0.284 e. The predicted molar refractivity (Wildman–Crippen MR) is 205 cm³/mol. The third kappa shape index (κ3) is 7.44. The Labute approximate surface area is 278 Å². The molecule has 0 radical (unpaired) electrons. The van der Waals surface area contributed by atoms with Crippen molar-refractivity contribution in [2.45, 2.75) is 47.6 Å². The number of rotatable bonds is 15.